The lowest BCUT2D eigenvalue weighted by Gasteiger charge is -2.24. The predicted molar refractivity (Wildman–Crippen MR) is 126 cm³/mol. The van der Waals surface area contributed by atoms with Crippen molar-refractivity contribution in [2.75, 3.05) is 31.1 Å². The third-order valence-electron chi connectivity index (χ3n) is 6.00. The molecule has 156 valence electrons. The van der Waals surface area contributed by atoms with Crippen molar-refractivity contribution in [1.82, 2.24) is 9.88 Å². The fourth-order valence-corrected chi connectivity index (χ4v) is 4.44. The quantitative estimate of drug-likeness (QED) is 0.591. The first-order valence-electron chi connectivity index (χ1n) is 10.6. The van der Waals surface area contributed by atoms with Crippen LogP contribution in [0.4, 0.5) is 5.69 Å². The molecule has 0 bridgehead atoms. The highest BCUT2D eigenvalue weighted by atomic mass is 35.5. The number of likely N-dealkylation sites (N-methyl/N-ethyl adjacent to an activating group) is 1. The van der Waals surface area contributed by atoms with Crippen LogP contribution in [0.1, 0.15) is 31.4 Å². The molecule has 0 saturated carbocycles. The lowest BCUT2D eigenvalue weighted by atomic mass is 9.99. The summed E-state index contributed by atoms with van der Waals surface area (Å²) in [4.78, 5) is 18.7. The van der Waals surface area contributed by atoms with Crippen LogP contribution in [0.5, 0.6) is 0 Å². The van der Waals surface area contributed by atoms with E-state index in [0.29, 0.717) is 0 Å². The normalized spacial score (nSPS) is 16.1. The number of carbonyl (C=O) groups is 1. The lowest BCUT2D eigenvalue weighted by Crippen LogP contribution is -2.27. The first-order valence-corrected chi connectivity index (χ1v) is 11.0. The molecule has 0 aliphatic carbocycles. The number of rotatable bonds is 2. The lowest BCUT2D eigenvalue weighted by molar-refractivity contribution is -0.116. The minimum absolute atomic E-state index is 0.139. The second-order valence-electron chi connectivity index (χ2n) is 7.81. The van der Waals surface area contributed by atoms with E-state index in [4.69, 9.17) is 11.6 Å². The van der Waals surface area contributed by atoms with Gasteiger partial charge in [0, 0.05) is 59.9 Å². The van der Waals surface area contributed by atoms with E-state index in [2.05, 4.69) is 41.2 Å². The molecule has 30 heavy (non-hydrogen) atoms. The van der Waals surface area contributed by atoms with Crippen molar-refractivity contribution in [3.05, 3.63) is 70.9 Å². The highest BCUT2D eigenvalue weighted by Crippen LogP contribution is 2.30. The van der Waals surface area contributed by atoms with E-state index in [1.165, 1.54) is 22.1 Å². The Labute approximate surface area is 183 Å². The molecule has 0 fully saturated rings. The van der Waals surface area contributed by atoms with Crippen LogP contribution >= 0.6 is 11.6 Å². The maximum atomic E-state index is 11.1. The molecular formula is C25H28ClN3O. The van der Waals surface area contributed by atoms with Gasteiger partial charge in [0.2, 0.25) is 5.91 Å². The molecule has 0 radical (unpaired) electrons. The van der Waals surface area contributed by atoms with E-state index in [0.717, 1.165) is 55.2 Å². The zero-order valence-corrected chi connectivity index (χ0v) is 18.4. The van der Waals surface area contributed by atoms with Gasteiger partial charge in [0.05, 0.1) is 0 Å². The standard InChI is InChI=1S/C15H17ClN2.C10H11NO/c1-2-18-7-5-11(6-8-18)14-10-17-15-9-12(16)3-4-13(14)15;1-8(12)11-7-6-9-4-2-3-5-10(9)11/h3-5,9-10,17H,2,6-8H2,1H3;2-5H,6-7H2,1H3. The fraction of sp³-hybridized carbons (Fsp3) is 0.320. The van der Waals surface area contributed by atoms with Gasteiger partial charge in [-0.3, -0.25) is 9.69 Å². The Morgan fingerprint density at radius 3 is 2.70 bits per heavy atom. The van der Waals surface area contributed by atoms with Gasteiger partial charge in [-0.25, -0.2) is 0 Å². The van der Waals surface area contributed by atoms with Gasteiger partial charge < -0.3 is 9.88 Å². The minimum atomic E-state index is 0.139. The molecule has 0 unspecified atom stereocenters. The maximum absolute atomic E-state index is 11.1. The van der Waals surface area contributed by atoms with Gasteiger partial charge in [-0.2, -0.15) is 0 Å². The monoisotopic (exact) mass is 421 g/mol. The van der Waals surface area contributed by atoms with Crippen molar-refractivity contribution in [2.45, 2.75) is 26.7 Å². The van der Waals surface area contributed by atoms with Crippen LogP contribution in [0.25, 0.3) is 16.5 Å². The molecule has 2 aliphatic heterocycles. The predicted octanol–water partition coefficient (Wildman–Crippen LogP) is 5.53. The number of benzene rings is 2. The first kappa shape index (κ1) is 20.7. The number of para-hydroxylation sites is 1. The van der Waals surface area contributed by atoms with Crippen LogP contribution in [-0.2, 0) is 11.2 Å². The molecule has 4 nitrogen and oxygen atoms in total. The summed E-state index contributed by atoms with van der Waals surface area (Å²) in [5.74, 6) is 0.139. The number of nitrogens with zero attached hydrogens (tertiary/aromatic N) is 2. The van der Waals surface area contributed by atoms with Crippen molar-refractivity contribution in [1.29, 1.82) is 0 Å². The average molecular weight is 422 g/mol. The van der Waals surface area contributed by atoms with Gasteiger partial charge in [-0.1, -0.05) is 48.9 Å². The highest BCUT2D eigenvalue weighted by Gasteiger charge is 2.20. The van der Waals surface area contributed by atoms with Gasteiger partial charge in [0.25, 0.3) is 0 Å². The third-order valence-corrected chi connectivity index (χ3v) is 6.23. The van der Waals surface area contributed by atoms with Crippen molar-refractivity contribution in [3.8, 4) is 0 Å². The smallest absolute Gasteiger partial charge is 0.223 e. The summed E-state index contributed by atoms with van der Waals surface area (Å²) in [5, 5.41) is 2.06. The van der Waals surface area contributed by atoms with Crippen molar-refractivity contribution < 1.29 is 4.79 Å². The number of hydrogen-bond donors (Lipinski definition) is 1. The SMILES string of the molecule is CC(=O)N1CCc2ccccc21.CCN1CC=C(c2c[nH]c3cc(Cl)ccc23)CC1. The number of hydrogen-bond acceptors (Lipinski definition) is 2. The molecule has 2 aromatic carbocycles. The van der Waals surface area contributed by atoms with E-state index in [-0.39, 0.29) is 5.91 Å². The summed E-state index contributed by atoms with van der Waals surface area (Å²) in [6.07, 6.45) is 6.58. The third kappa shape index (κ3) is 4.30. The second kappa shape index (κ2) is 9.07. The van der Waals surface area contributed by atoms with Crippen molar-refractivity contribution in [3.63, 3.8) is 0 Å². The number of amides is 1. The van der Waals surface area contributed by atoms with Crippen LogP contribution in [0, 0.1) is 0 Å². The number of nitrogens with one attached hydrogen (secondary N) is 1. The van der Waals surface area contributed by atoms with Gasteiger partial charge >= 0.3 is 0 Å². The minimum Gasteiger partial charge on any atom is -0.361 e. The van der Waals surface area contributed by atoms with E-state index < -0.39 is 0 Å². The van der Waals surface area contributed by atoms with Crippen LogP contribution in [-0.4, -0.2) is 42.0 Å². The Morgan fingerprint density at radius 1 is 1.13 bits per heavy atom. The van der Waals surface area contributed by atoms with Gasteiger partial charge in [-0.05, 0) is 48.7 Å². The molecular weight excluding hydrogens is 394 g/mol. The molecule has 1 N–H and O–H groups in total. The number of halogens is 1. The summed E-state index contributed by atoms with van der Waals surface area (Å²) in [5.41, 5.74) is 6.28. The van der Waals surface area contributed by atoms with Crippen LogP contribution in [0.3, 0.4) is 0 Å². The number of aromatic nitrogens is 1. The Bertz CT molecular complexity index is 1080. The molecule has 3 aromatic rings. The molecule has 0 spiro atoms. The van der Waals surface area contributed by atoms with E-state index in [9.17, 15) is 4.79 Å². The molecule has 1 amide bonds. The molecule has 2 aliphatic rings. The molecule has 3 heterocycles. The molecule has 1 aromatic heterocycles. The molecule has 0 atom stereocenters. The Morgan fingerprint density at radius 2 is 1.97 bits per heavy atom. The van der Waals surface area contributed by atoms with Crippen LogP contribution in [0.15, 0.2) is 54.7 Å². The number of H-pyrrole nitrogens is 1. The average Bonchev–Trinajstić information content (AvgIpc) is 3.38. The Balaban J connectivity index is 0.000000158. The maximum Gasteiger partial charge on any atom is 0.223 e. The topological polar surface area (TPSA) is 39.3 Å². The summed E-state index contributed by atoms with van der Waals surface area (Å²) in [6, 6.07) is 14.1. The molecule has 0 saturated heterocycles. The van der Waals surface area contributed by atoms with E-state index in [1.54, 1.807) is 6.92 Å². The Kier molecular flexibility index (Phi) is 6.26. The summed E-state index contributed by atoms with van der Waals surface area (Å²) in [7, 11) is 0. The van der Waals surface area contributed by atoms with Gasteiger partial charge in [-0.15, -0.1) is 0 Å². The van der Waals surface area contributed by atoms with E-state index in [1.807, 2.05) is 35.2 Å². The van der Waals surface area contributed by atoms with Gasteiger partial charge in [0.1, 0.15) is 0 Å². The second-order valence-corrected chi connectivity index (χ2v) is 8.25. The largest absolute Gasteiger partial charge is 0.361 e. The van der Waals surface area contributed by atoms with Crippen LogP contribution < -0.4 is 4.90 Å². The van der Waals surface area contributed by atoms with Crippen LogP contribution in [0.2, 0.25) is 5.02 Å². The molecule has 5 heteroatoms. The fourth-order valence-electron chi connectivity index (χ4n) is 4.27. The number of anilines is 1. The van der Waals surface area contributed by atoms with Crippen molar-refractivity contribution >= 4 is 39.7 Å². The number of carbonyl (C=O) groups excluding carboxylic acids is 1. The van der Waals surface area contributed by atoms with Crippen molar-refractivity contribution in [2.24, 2.45) is 0 Å². The Hall–Kier alpha value is -2.56. The number of fused-ring (bicyclic) bond motifs is 2. The zero-order chi connectivity index (χ0) is 21.1. The highest BCUT2D eigenvalue weighted by molar-refractivity contribution is 6.31. The molecule has 5 rings (SSSR count). The summed E-state index contributed by atoms with van der Waals surface area (Å²) < 4.78 is 0. The van der Waals surface area contributed by atoms with E-state index >= 15 is 0 Å². The zero-order valence-electron chi connectivity index (χ0n) is 17.6. The van der Waals surface area contributed by atoms with Gasteiger partial charge in [0.15, 0.2) is 0 Å². The summed E-state index contributed by atoms with van der Waals surface area (Å²) in [6.45, 7) is 8.02. The summed E-state index contributed by atoms with van der Waals surface area (Å²) >= 11 is 6.01. The number of aromatic amines is 1. The first-order chi connectivity index (χ1) is 14.6.